The van der Waals surface area contributed by atoms with Gasteiger partial charge in [0, 0.05) is 18.8 Å². The number of pyridine rings is 1. The minimum atomic E-state index is 0.493. The number of hydrogen-bond acceptors (Lipinski definition) is 6. The lowest BCUT2D eigenvalue weighted by molar-refractivity contribution is 0.124. The number of hydrogen-bond donors (Lipinski definition) is 2. The van der Waals surface area contributed by atoms with Gasteiger partial charge in [0.1, 0.15) is 17.9 Å². The zero-order valence-corrected chi connectivity index (χ0v) is 14.4. The minimum absolute atomic E-state index is 0.493. The first-order chi connectivity index (χ1) is 11.8. The van der Waals surface area contributed by atoms with Crippen molar-refractivity contribution in [1.82, 2.24) is 14.5 Å². The summed E-state index contributed by atoms with van der Waals surface area (Å²) in [5.41, 5.74) is 10.6. The Hall–Kier alpha value is -1.70. The van der Waals surface area contributed by atoms with Crippen molar-refractivity contribution in [2.24, 2.45) is 5.90 Å². The van der Waals surface area contributed by atoms with Gasteiger partial charge in [0.2, 0.25) is 0 Å². The fourth-order valence-electron chi connectivity index (χ4n) is 3.45. The number of nitrogens with zero attached hydrogens (tertiary/aromatic N) is 3. The molecule has 0 amide bonds. The highest BCUT2D eigenvalue weighted by Gasteiger charge is 2.22. The molecule has 0 radical (unpaired) electrons. The fourth-order valence-corrected chi connectivity index (χ4v) is 3.45. The van der Waals surface area contributed by atoms with Crippen LogP contribution in [0.25, 0.3) is 11.0 Å². The lowest BCUT2D eigenvalue weighted by Gasteiger charge is -2.18. The summed E-state index contributed by atoms with van der Waals surface area (Å²) in [5, 5.41) is 0. The molecule has 2 aromatic heterocycles. The predicted octanol–water partition coefficient (Wildman–Crippen LogP) is 2.10. The predicted molar refractivity (Wildman–Crippen MR) is 93.3 cm³/mol. The summed E-state index contributed by atoms with van der Waals surface area (Å²) in [6.45, 7) is 4.57. The van der Waals surface area contributed by atoms with E-state index in [9.17, 15) is 0 Å². The topological polar surface area (TPSA) is 101 Å². The Morgan fingerprint density at radius 2 is 2.00 bits per heavy atom. The van der Waals surface area contributed by atoms with Crippen molar-refractivity contribution in [2.75, 3.05) is 18.9 Å². The van der Waals surface area contributed by atoms with Crippen molar-refractivity contribution < 1.29 is 9.57 Å². The Morgan fingerprint density at radius 1 is 1.17 bits per heavy atom. The molecule has 0 fully saturated rings. The molecule has 0 aromatic carbocycles. The number of nitrogen functional groups attached to an aromatic ring is 1. The Morgan fingerprint density at radius 3 is 2.79 bits per heavy atom. The van der Waals surface area contributed by atoms with Crippen LogP contribution in [-0.4, -0.2) is 27.7 Å². The molecule has 7 heteroatoms. The Balaban J connectivity index is 2.03. The lowest BCUT2D eigenvalue weighted by atomic mass is 9.95. The van der Waals surface area contributed by atoms with E-state index in [4.69, 9.17) is 21.4 Å². The summed E-state index contributed by atoms with van der Waals surface area (Å²) >= 11 is 0. The molecule has 4 N–H and O–H groups in total. The van der Waals surface area contributed by atoms with Crippen LogP contribution in [0.15, 0.2) is 0 Å². The van der Waals surface area contributed by atoms with E-state index in [1.807, 2.05) is 6.92 Å². The smallest absolute Gasteiger partial charge is 0.151 e. The van der Waals surface area contributed by atoms with Crippen LogP contribution >= 0.6 is 0 Å². The summed E-state index contributed by atoms with van der Waals surface area (Å²) in [4.78, 5) is 14.0. The zero-order valence-electron chi connectivity index (χ0n) is 14.4. The van der Waals surface area contributed by atoms with Gasteiger partial charge in [-0.25, -0.2) is 15.9 Å². The van der Waals surface area contributed by atoms with Gasteiger partial charge in [0.15, 0.2) is 5.82 Å². The van der Waals surface area contributed by atoms with Crippen LogP contribution < -0.4 is 11.6 Å². The van der Waals surface area contributed by atoms with Crippen LogP contribution in [0.5, 0.6) is 0 Å². The number of aromatic nitrogens is 3. The highest BCUT2D eigenvalue weighted by molar-refractivity contribution is 5.89. The van der Waals surface area contributed by atoms with Crippen LogP contribution in [0.2, 0.25) is 0 Å². The molecule has 0 saturated carbocycles. The first-order valence-corrected chi connectivity index (χ1v) is 8.82. The molecule has 0 saturated heterocycles. The van der Waals surface area contributed by atoms with Gasteiger partial charge in [-0.05, 0) is 51.0 Å². The van der Waals surface area contributed by atoms with Crippen LogP contribution in [0.1, 0.15) is 49.7 Å². The Kier molecular flexibility index (Phi) is 5.65. The molecule has 2 heterocycles. The second-order valence-electron chi connectivity index (χ2n) is 6.22. The second kappa shape index (κ2) is 7.92. The van der Waals surface area contributed by atoms with Crippen molar-refractivity contribution in [1.29, 1.82) is 0 Å². The molecule has 0 aliphatic heterocycles. The fraction of sp³-hybridized carbons (Fsp3) is 0.647. The number of fused-ring (bicyclic) bond motifs is 3. The normalized spacial score (nSPS) is 14.2. The van der Waals surface area contributed by atoms with Crippen molar-refractivity contribution in [2.45, 2.75) is 58.6 Å². The first-order valence-electron chi connectivity index (χ1n) is 8.82. The van der Waals surface area contributed by atoms with Crippen LogP contribution in [0, 0.1) is 0 Å². The molecule has 0 unspecified atom stereocenters. The minimum Gasteiger partial charge on any atom is -0.382 e. The maximum atomic E-state index is 6.20. The molecule has 2 aromatic rings. The van der Waals surface area contributed by atoms with Crippen molar-refractivity contribution in [3.05, 3.63) is 17.1 Å². The van der Waals surface area contributed by atoms with E-state index in [1.54, 1.807) is 0 Å². The number of rotatable bonds is 8. The van der Waals surface area contributed by atoms with Crippen LogP contribution in [0.4, 0.5) is 5.82 Å². The molecule has 7 nitrogen and oxygen atoms in total. The molecular weight excluding hydrogens is 306 g/mol. The maximum Gasteiger partial charge on any atom is 0.151 e. The quantitative estimate of drug-likeness (QED) is 0.567. The third-order valence-corrected chi connectivity index (χ3v) is 4.60. The molecule has 132 valence electrons. The van der Waals surface area contributed by atoms with Gasteiger partial charge in [-0.1, -0.05) is 0 Å². The van der Waals surface area contributed by atoms with Crippen LogP contribution in [-0.2, 0) is 35.6 Å². The van der Waals surface area contributed by atoms with Crippen molar-refractivity contribution >= 4 is 16.9 Å². The maximum absolute atomic E-state index is 6.20. The van der Waals surface area contributed by atoms with E-state index >= 15 is 0 Å². The largest absolute Gasteiger partial charge is 0.382 e. The first kappa shape index (κ1) is 17.1. The monoisotopic (exact) mass is 333 g/mol. The van der Waals surface area contributed by atoms with Gasteiger partial charge in [0.05, 0.1) is 12.1 Å². The third kappa shape index (κ3) is 3.38. The Bertz CT molecular complexity index is 698. The van der Waals surface area contributed by atoms with E-state index in [0.29, 0.717) is 25.6 Å². The average molecular weight is 333 g/mol. The lowest BCUT2D eigenvalue weighted by Crippen LogP contribution is -2.12. The molecule has 1 aliphatic carbocycles. The molecule has 0 atom stereocenters. The summed E-state index contributed by atoms with van der Waals surface area (Å²) in [7, 11) is 0. The van der Waals surface area contributed by atoms with E-state index < -0.39 is 0 Å². The SMILES string of the molecule is CCOCc1nc2c(N)nc3c(c2n1CCCCON)CCCC3. The van der Waals surface area contributed by atoms with Gasteiger partial charge in [0.25, 0.3) is 0 Å². The van der Waals surface area contributed by atoms with Gasteiger partial charge in [-0.2, -0.15) is 0 Å². The zero-order chi connectivity index (χ0) is 16.9. The molecular formula is C17H27N5O2. The van der Waals surface area contributed by atoms with E-state index in [1.165, 1.54) is 18.4 Å². The van der Waals surface area contributed by atoms with E-state index in [-0.39, 0.29) is 0 Å². The summed E-state index contributed by atoms with van der Waals surface area (Å²) < 4.78 is 7.88. The standard InChI is InChI=1S/C17H27N5O2/c1-2-23-11-14-21-15-16(22(14)9-5-6-10-24-19)12-7-3-4-8-13(12)20-17(15)18/h2-11,19H2,1H3,(H2,18,20). The number of unbranched alkanes of at least 4 members (excludes halogenated alkanes) is 1. The summed E-state index contributed by atoms with van der Waals surface area (Å²) in [6.07, 6.45) is 6.30. The average Bonchev–Trinajstić information content (AvgIpc) is 2.96. The highest BCUT2D eigenvalue weighted by atomic mass is 16.6. The summed E-state index contributed by atoms with van der Waals surface area (Å²) in [6, 6.07) is 0. The number of imidazole rings is 1. The number of ether oxygens (including phenoxy) is 1. The summed E-state index contributed by atoms with van der Waals surface area (Å²) in [5.74, 6) is 6.58. The Labute approximate surface area is 142 Å². The van der Waals surface area contributed by atoms with Gasteiger partial charge in [-0.3, -0.25) is 0 Å². The number of nitrogens with two attached hydrogens (primary N) is 2. The van der Waals surface area contributed by atoms with Crippen molar-refractivity contribution in [3.8, 4) is 0 Å². The van der Waals surface area contributed by atoms with E-state index in [2.05, 4.69) is 14.4 Å². The highest BCUT2D eigenvalue weighted by Crippen LogP contribution is 2.31. The molecule has 3 rings (SSSR count). The molecule has 0 bridgehead atoms. The molecule has 1 aliphatic rings. The van der Waals surface area contributed by atoms with Gasteiger partial charge < -0.3 is 19.9 Å². The van der Waals surface area contributed by atoms with Gasteiger partial charge >= 0.3 is 0 Å². The van der Waals surface area contributed by atoms with Crippen LogP contribution in [0.3, 0.4) is 0 Å². The third-order valence-electron chi connectivity index (χ3n) is 4.60. The van der Waals surface area contributed by atoms with E-state index in [0.717, 1.165) is 54.8 Å². The molecule has 0 spiro atoms. The second-order valence-corrected chi connectivity index (χ2v) is 6.22. The van der Waals surface area contributed by atoms with Gasteiger partial charge in [-0.15, -0.1) is 0 Å². The number of aryl methyl sites for hydroxylation is 3. The molecule has 24 heavy (non-hydrogen) atoms. The van der Waals surface area contributed by atoms with Crippen molar-refractivity contribution in [3.63, 3.8) is 0 Å². The number of anilines is 1.